The molecule has 3 heterocycles. The van der Waals surface area contributed by atoms with Crippen LogP contribution in [0.15, 0.2) is 200 Å². The highest BCUT2D eigenvalue weighted by atomic mass is 16.5. The Morgan fingerprint density at radius 1 is 0.569 bits per heavy atom. The first-order valence-corrected chi connectivity index (χ1v) is 24.8. The highest BCUT2D eigenvalue weighted by molar-refractivity contribution is 6.09. The Labute approximate surface area is 433 Å². The van der Waals surface area contributed by atoms with Crippen LogP contribution in [0.1, 0.15) is 93.1 Å². The SMILES string of the molecule is [2H]c1c([2H])c([2H])c(-c2cccc(-c3cc(C(C)(C)C)cc(C(C)(C)C)c3)c2-[n+]2[c-]n(-c3cccc(Oc4ccc5c6ccccc6n(-c6cc(C([2H])(C)C(C)C)c(-c7ccccc7)cn6)c5c4)c3)c3ccccc32)c([2H])c1[2H]. The van der Waals surface area contributed by atoms with Crippen molar-refractivity contribution >= 4 is 32.8 Å². The molecule has 356 valence electrons. The minimum Gasteiger partial charge on any atom is -0.458 e. The van der Waals surface area contributed by atoms with Crippen molar-refractivity contribution in [2.45, 2.75) is 79.0 Å². The van der Waals surface area contributed by atoms with Crippen LogP contribution in [0.2, 0.25) is 0 Å². The smallest absolute Gasteiger partial charge is 0.269 e. The predicted molar refractivity (Wildman–Crippen MR) is 299 cm³/mol. The molecule has 1 unspecified atom stereocenters. The van der Waals surface area contributed by atoms with Crippen molar-refractivity contribution in [3.05, 3.63) is 223 Å². The molecule has 0 aliphatic carbocycles. The highest BCUT2D eigenvalue weighted by Crippen LogP contribution is 2.41. The lowest BCUT2D eigenvalue weighted by atomic mass is 9.78. The lowest BCUT2D eigenvalue weighted by Gasteiger charge is -2.27. The molecular formula is C67H62N4O. The lowest BCUT2D eigenvalue weighted by molar-refractivity contribution is -0.571. The van der Waals surface area contributed by atoms with Gasteiger partial charge in [-0.05, 0) is 110 Å². The van der Waals surface area contributed by atoms with Crippen LogP contribution in [0, 0.1) is 12.2 Å². The fraction of sp³-hybridized carbons (Fsp3) is 0.194. The van der Waals surface area contributed by atoms with Crippen LogP contribution in [0.5, 0.6) is 11.5 Å². The van der Waals surface area contributed by atoms with E-state index in [1.54, 1.807) is 0 Å². The zero-order valence-corrected chi connectivity index (χ0v) is 42.4. The quantitative estimate of drug-likeness (QED) is 0.101. The summed E-state index contributed by atoms with van der Waals surface area (Å²) in [5, 5.41) is 2.12. The highest BCUT2D eigenvalue weighted by Gasteiger charge is 2.25. The summed E-state index contributed by atoms with van der Waals surface area (Å²) in [5.74, 6) is 1.05. The van der Waals surface area contributed by atoms with Crippen molar-refractivity contribution < 1.29 is 17.5 Å². The molecule has 0 N–H and O–H groups in total. The second-order valence-corrected chi connectivity index (χ2v) is 21.2. The molecule has 11 aromatic rings. The van der Waals surface area contributed by atoms with Gasteiger partial charge in [-0.1, -0.05) is 208 Å². The van der Waals surface area contributed by atoms with Crippen molar-refractivity contribution in [2.24, 2.45) is 5.92 Å². The first-order valence-electron chi connectivity index (χ1n) is 27.8. The first kappa shape index (κ1) is 39.7. The number of para-hydroxylation sites is 4. The van der Waals surface area contributed by atoms with E-state index in [1.165, 1.54) is 0 Å². The second kappa shape index (κ2) is 18.3. The Morgan fingerprint density at radius 3 is 1.93 bits per heavy atom. The van der Waals surface area contributed by atoms with Gasteiger partial charge >= 0.3 is 0 Å². The molecule has 0 saturated carbocycles. The number of rotatable bonds is 10. The molecule has 72 heavy (non-hydrogen) atoms. The van der Waals surface area contributed by atoms with Crippen molar-refractivity contribution in [3.63, 3.8) is 0 Å². The van der Waals surface area contributed by atoms with Crippen LogP contribution in [0.4, 0.5) is 0 Å². The monoisotopic (exact) mass is 945 g/mol. The van der Waals surface area contributed by atoms with E-state index in [0.29, 0.717) is 28.6 Å². The molecule has 0 bridgehead atoms. The summed E-state index contributed by atoms with van der Waals surface area (Å²) in [6.45, 7) is 19.4. The summed E-state index contributed by atoms with van der Waals surface area (Å²) < 4.78 is 67.1. The molecule has 0 fully saturated rings. The van der Waals surface area contributed by atoms with Gasteiger partial charge in [-0.2, -0.15) is 0 Å². The molecule has 0 spiro atoms. The number of hydrogen-bond acceptors (Lipinski definition) is 2. The molecular weight excluding hydrogens is 877 g/mol. The maximum Gasteiger partial charge on any atom is 0.269 e. The number of imidazole rings is 1. The summed E-state index contributed by atoms with van der Waals surface area (Å²) >= 11 is 0. The van der Waals surface area contributed by atoms with Crippen molar-refractivity contribution in [1.82, 2.24) is 14.1 Å². The zero-order chi connectivity index (χ0) is 55.2. The van der Waals surface area contributed by atoms with E-state index in [4.69, 9.17) is 13.8 Å². The number of aromatic nitrogens is 4. The average molecular weight is 945 g/mol. The van der Waals surface area contributed by atoms with Gasteiger partial charge in [-0.3, -0.25) is 13.7 Å². The Morgan fingerprint density at radius 2 is 1.21 bits per heavy atom. The molecule has 3 aromatic heterocycles. The molecule has 1 atom stereocenters. The third-order valence-corrected chi connectivity index (χ3v) is 14.0. The minimum absolute atomic E-state index is 0.0273. The van der Waals surface area contributed by atoms with Gasteiger partial charge in [-0.25, -0.2) is 4.98 Å². The molecule has 5 nitrogen and oxygen atoms in total. The van der Waals surface area contributed by atoms with E-state index in [1.807, 2.05) is 125 Å². The van der Waals surface area contributed by atoms with E-state index in [0.717, 1.165) is 77.5 Å². The Bertz CT molecular complexity index is 4100. The Hall–Kier alpha value is -8.02. The summed E-state index contributed by atoms with van der Waals surface area (Å²) in [6, 6.07) is 53.3. The topological polar surface area (TPSA) is 35.9 Å². The number of pyridine rings is 1. The normalized spacial score (nSPS) is 14.2. The van der Waals surface area contributed by atoms with Crippen molar-refractivity contribution in [1.29, 1.82) is 0 Å². The van der Waals surface area contributed by atoms with E-state index in [-0.39, 0.29) is 34.4 Å². The maximum absolute atomic E-state index is 9.67. The number of hydrogen-bond donors (Lipinski definition) is 0. The van der Waals surface area contributed by atoms with Gasteiger partial charge in [0.05, 0.1) is 40.3 Å². The molecule has 0 amide bonds. The van der Waals surface area contributed by atoms with Crippen molar-refractivity contribution in [3.8, 4) is 62.1 Å². The van der Waals surface area contributed by atoms with E-state index >= 15 is 0 Å². The lowest BCUT2D eigenvalue weighted by Crippen LogP contribution is -2.31. The summed E-state index contributed by atoms with van der Waals surface area (Å²) in [5.41, 5.74) is 12.0. The summed E-state index contributed by atoms with van der Waals surface area (Å²) in [4.78, 5) is 5.12. The van der Waals surface area contributed by atoms with Crippen molar-refractivity contribution in [2.75, 3.05) is 0 Å². The number of nitrogens with zero attached hydrogens (tertiary/aromatic N) is 4. The van der Waals surface area contributed by atoms with Gasteiger partial charge in [0.25, 0.3) is 6.33 Å². The van der Waals surface area contributed by atoms with Crippen LogP contribution in [-0.4, -0.2) is 14.1 Å². The second-order valence-electron chi connectivity index (χ2n) is 21.2. The van der Waals surface area contributed by atoms with E-state index in [2.05, 4.69) is 127 Å². The fourth-order valence-electron chi connectivity index (χ4n) is 9.80. The van der Waals surface area contributed by atoms with Crippen LogP contribution in [0.25, 0.3) is 83.4 Å². The molecule has 11 rings (SSSR count). The van der Waals surface area contributed by atoms with Gasteiger partial charge < -0.3 is 4.74 Å². The standard InChI is InChI=1S/C67H62N4O/c1-44(2)45(3)58-41-64(68-42-59(58)47-24-14-11-15-25-47)71-60-31-17-16-28-56(60)57-35-34-53(40-63(57)71)72-52-27-20-26-51(39-52)69-43-70(62-33-19-18-32-61(62)69)65-54(46-22-12-10-13-23-46)29-21-30-55(65)48-36-49(66(4,5)6)38-50(37-48)67(7,8)9/h10-42,44-45H,1-9H3/i10D,12D,13D,22D,23D,45D. The number of benzene rings is 8. The summed E-state index contributed by atoms with van der Waals surface area (Å²) in [7, 11) is 0. The van der Waals surface area contributed by atoms with Crippen LogP contribution in [-0.2, 0) is 10.8 Å². The fourth-order valence-corrected chi connectivity index (χ4v) is 9.80. The van der Waals surface area contributed by atoms with Gasteiger partial charge in [0.1, 0.15) is 17.3 Å². The summed E-state index contributed by atoms with van der Waals surface area (Å²) in [6.07, 6.45) is 5.62. The molecule has 0 radical (unpaired) electrons. The number of fused-ring (bicyclic) bond motifs is 4. The van der Waals surface area contributed by atoms with Crippen LogP contribution < -0.4 is 9.30 Å². The third-order valence-electron chi connectivity index (χ3n) is 14.0. The Balaban J connectivity index is 1.06. The zero-order valence-electron chi connectivity index (χ0n) is 48.4. The Kier molecular flexibility index (Phi) is 10.1. The minimum atomic E-state index is -0.910. The predicted octanol–water partition coefficient (Wildman–Crippen LogP) is 17.3. The molecule has 0 aliphatic heterocycles. The molecule has 0 aliphatic rings. The van der Waals surface area contributed by atoms with Gasteiger partial charge in [0, 0.05) is 30.0 Å². The van der Waals surface area contributed by atoms with Gasteiger partial charge in [0.15, 0.2) is 0 Å². The first-order chi connectivity index (χ1) is 37.1. The van der Waals surface area contributed by atoms with E-state index in [9.17, 15) is 4.11 Å². The van der Waals surface area contributed by atoms with Crippen LogP contribution >= 0.6 is 0 Å². The average Bonchev–Trinajstić information content (AvgIpc) is 4.12. The van der Waals surface area contributed by atoms with Gasteiger partial charge in [-0.15, -0.1) is 0 Å². The van der Waals surface area contributed by atoms with Gasteiger partial charge in [0.2, 0.25) is 0 Å². The molecule has 0 saturated heterocycles. The van der Waals surface area contributed by atoms with E-state index < -0.39 is 24.0 Å². The molecule has 5 heteroatoms. The largest absolute Gasteiger partial charge is 0.458 e. The molecule has 8 aromatic carbocycles. The maximum atomic E-state index is 9.67. The van der Waals surface area contributed by atoms with Crippen LogP contribution in [0.3, 0.4) is 0 Å². The number of ether oxygens (including phenoxy) is 1. The third kappa shape index (κ3) is 8.57.